The number of aliphatic hydroxyl groups is 1. The molecule has 2 aliphatic rings. The van der Waals surface area contributed by atoms with Crippen molar-refractivity contribution in [2.24, 2.45) is 5.92 Å². The summed E-state index contributed by atoms with van der Waals surface area (Å²) in [4.78, 5) is 15.1. The van der Waals surface area contributed by atoms with Crippen LogP contribution < -0.4 is 19.5 Å². The third-order valence-corrected chi connectivity index (χ3v) is 6.31. The fourth-order valence-electron chi connectivity index (χ4n) is 4.50. The van der Waals surface area contributed by atoms with Gasteiger partial charge in [-0.15, -0.1) is 0 Å². The fourth-order valence-corrected chi connectivity index (χ4v) is 4.50. The highest BCUT2D eigenvalue weighted by atomic mass is 19.1. The third kappa shape index (κ3) is 4.89. The summed E-state index contributed by atoms with van der Waals surface area (Å²) >= 11 is 0. The van der Waals surface area contributed by atoms with Crippen molar-refractivity contribution in [3.63, 3.8) is 0 Å². The number of hydrogen-bond donors (Lipinski definition) is 2. The molecule has 0 aromatic carbocycles. The smallest absolute Gasteiger partial charge is 0.213 e. The van der Waals surface area contributed by atoms with Gasteiger partial charge in [0.15, 0.2) is 11.5 Å². The molecule has 0 unspecified atom stereocenters. The van der Waals surface area contributed by atoms with Gasteiger partial charge in [-0.25, -0.2) is 9.37 Å². The normalized spacial score (nSPS) is 20.1. The van der Waals surface area contributed by atoms with Crippen LogP contribution in [0, 0.1) is 11.7 Å². The molecule has 1 saturated heterocycles. The van der Waals surface area contributed by atoms with Crippen LogP contribution in [0.4, 0.5) is 4.39 Å². The van der Waals surface area contributed by atoms with Crippen molar-refractivity contribution in [2.75, 3.05) is 46.5 Å². The van der Waals surface area contributed by atoms with Crippen LogP contribution in [0.3, 0.4) is 0 Å². The van der Waals surface area contributed by atoms with Crippen LogP contribution in [0.25, 0.3) is 11.0 Å². The van der Waals surface area contributed by atoms with E-state index in [1.807, 2.05) is 6.07 Å². The Balaban J connectivity index is 1.15. The van der Waals surface area contributed by atoms with Gasteiger partial charge in [-0.2, -0.15) is 0 Å². The zero-order valence-corrected chi connectivity index (χ0v) is 19.0. The van der Waals surface area contributed by atoms with E-state index in [9.17, 15) is 9.50 Å². The Bertz CT molecular complexity index is 1160. The number of pyridine rings is 3. The number of ether oxygens (including phenoxy) is 3. The van der Waals surface area contributed by atoms with Crippen LogP contribution in [-0.4, -0.2) is 77.6 Å². The Kier molecular flexibility index (Phi) is 6.70. The van der Waals surface area contributed by atoms with Gasteiger partial charge in [0.1, 0.15) is 19.0 Å². The number of halogens is 1. The number of methoxy groups -OCH3 is 1. The highest BCUT2D eigenvalue weighted by Gasteiger charge is 2.31. The predicted octanol–water partition coefficient (Wildman–Crippen LogP) is 1.57. The first-order valence-corrected chi connectivity index (χ1v) is 11.4. The quantitative estimate of drug-likeness (QED) is 0.509. The average molecular weight is 470 g/mol. The van der Waals surface area contributed by atoms with Gasteiger partial charge in [0.05, 0.1) is 42.3 Å². The van der Waals surface area contributed by atoms with Gasteiger partial charge in [0.2, 0.25) is 5.88 Å². The molecule has 1 fully saturated rings. The number of nitrogens with one attached hydrogen (secondary N) is 1. The Morgan fingerprint density at radius 1 is 1.18 bits per heavy atom. The van der Waals surface area contributed by atoms with E-state index in [0.717, 1.165) is 12.2 Å². The maximum absolute atomic E-state index is 14.6. The van der Waals surface area contributed by atoms with Gasteiger partial charge in [-0.1, -0.05) is 0 Å². The van der Waals surface area contributed by atoms with Gasteiger partial charge in [-0.05, 0) is 12.5 Å². The monoisotopic (exact) mass is 469 g/mol. The third-order valence-electron chi connectivity index (χ3n) is 6.31. The molecule has 5 heterocycles. The number of likely N-dealkylation sites (tertiary alicyclic amines) is 1. The Labute approximate surface area is 196 Å². The van der Waals surface area contributed by atoms with E-state index in [1.54, 1.807) is 18.3 Å². The van der Waals surface area contributed by atoms with Crippen LogP contribution in [0.2, 0.25) is 0 Å². The van der Waals surface area contributed by atoms with Gasteiger partial charge < -0.3 is 29.5 Å². The van der Waals surface area contributed by atoms with E-state index in [1.165, 1.54) is 13.3 Å². The van der Waals surface area contributed by atoms with Crippen molar-refractivity contribution in [3.8, 4) is 17.4 Å². The molecule has 0 bridgehead atoms. The number of hydrogen-bond acceptors (Lipinski definition) is 9. The molecule has 5 rings (SSSR count). The zero-order chi connectivity index (χ0) is 23.5. The summed E-state index contributed by atoms with van der Waals surface area (Å²) in [6, 6.07) is 5.38. The minimum absolute atomic E-state index is 0.0782. The lowest BCUT2D eigenvalue weighted by Gasteiger charge is -2.19. The van der Waals surface area contributed by atoms with Crippen molar-refractivity contribution in [3.05, 3.63) is 47.7 Å². The maximum Gasteiger partial charge on any atom is 0.213 e. The molecule has 3 aromatic rings. The molecular formula is C24H28FN5O4. The molecule has 2 aliphatic heterocycles. The van der Waals surface area contributed by atoms with Crippen molar-refractivity contribution < 1.29 is 23.7 Å². The summed E-state index contributed by atoms with van der Waals surface area (Å²) in [5.74, 6) is 1.51. The minimum atomic E-state index is -0.446. The number of rotatable bonds is 8. The van der Waals surface area contributed by atoms with Crippen LogP contribution >= 0.6 is 0 Å². The predicted molar refractivity (Wildman–Crippen MR) is 123 cm³/mol. The van der Waals surface area contributed by atoms with Gasteiger partial charge >= 0.3 is 0 Å². The number of aromatic nitrogens is 3. The molecular weight excluding hydrogens is 441 g/mol. The number of fused-ring (bicyclic) bond motifs is 2. The number of nitrogens with zero attached hydrogens (tertiary/aromatic N) is 4. The van der Waals surface area contributed by atoms with E-state index in [-0.39, 0.29) is 11.7 Å². The molecule has 2 atom stereocenters. The van der Waals surface area contributed by atoms with Crippen LogP contribution in [-0.2, 0) is 13.0 Å². The zero-order valence-electron chi connectivity index (χ0n) is 19.0. The van der Waals surface area contributed by atoms with Crippen molar-refractivity contribution in [1.82, 2.24) is 25.2 Å². The molecule has 10 heteroatoms. The summed E-state index contributed by atoms with van der Waals surface area (Å²) in [5.41, 5.74) is 2.53. The summed E-state index contributed by atoms with van der Waals surface area (Å²) < 4.78 is 30.9. The standard InChI is InChI=1S/C24H28FN5O4/c1-32-23-3-2-19-24(29-23)17(18(25)11-28-19)4-5-30-13-15(20(31)14-30)9-26-10-16-8-21-22(12-27-16)34-7-6-33-21/h2-3,8,11-12,15,20,26,31H,4-7,9-10,13-14H2,1H3/t15-,20+/m1/s1. The van der Waals surface area contributed by atoms with E-state index < -0.39 is 6.10 Å². The second-order valence-corrected chi connectivity index (χ2v) is 8.59. The first-order valence-electron chi connectivity index (χ1n) is 11.4. The molecule has 0 saturated carbocycles. The van der Waals surface area contributed by atoms with Gasteiger partial charge in [0, 0.05) is 56.3 Å². The van der Waals surface area contributed by atoms with Crippen molar-refractivity contribution >= 4 is 11.0 Å². The molecule has 3 aromatic heterocycles. The Morgan fingerprint density at radius 3 is 2.88 bits per heavy atom. The first-order chi connectivity index (χ1) is 16.6. The van der Waals surface area contributed by atoms with Crippen LogP contribution in [0.5, 0.6) is 17.4 Å². The number of β-amino-alcohol motifs (C(OH)–C–C–N with tert-alkyl or cyclic N) is 1. The summed E-state index contributed by atoms with van der Waals surface area (Å²) in [5, 5.41) is 13.9. The molecule has 0 spiro atoms. The molecule has 2 N–H and O–H groups in total. The average Bonchev–Trinajstić information content (AvgIpc) is 3.22. The Hall–Kier alpha value is -3.08. The Morgan fingerprint density at radius 2 is 2.03 bits per heavy atom. The molecule has 0 amide bonds. The molecule has 0 radical (unpaired) electrons. The minimum Gasteiger partial charge on any atom is -0.486 e. The second kappa shape index (κ2) is 10.0. The topological polar surface area (TPSA) is 102 Å². The van der Waals surface area contributed by atoms with Crippen LogP contribution in [0.15, 0.2) is 30.6 Å². The van der Waals surface area contributed by atoms with E-state index in [2.05, 4.69) is 25.2 Å². The summed E-state index contributed by atoms with van der Waals surface area (Å²) in [6.07, 6.45) is 2.95. The van der Waals surface area contributed by atoms with Gasteiger partial charge in [0.25, 0.3) is 0 Å². The highest BCUT2D eigenvalue weighted by molar-refractivity contribution is 5.78. The SMILES string of the molecule is COc1ccc2ncc(F)c(CCN3C[C@@H](CNCc4cc5c(cn4)OCCO5)[C@@H](O)C3)c2n1. The lowest BCUT2D eigenvalue weighted by atomic mass is 10.1. The van der Waals surface area contributed by atoms with Crippen molar-refractivity contribution in [1.29, 1.82) is 0 Å². The van der Waals surface area contributed by atoms with E-state index in [4.69, 9.17) is 14.2 Å². The highest BCUT2D eigenvalue weighted by Crippen LogP contribution is 2.29. The van der Waals surface area contributed by atoms with Crippen LogP contribution in [0.1, 0.15) is 11.3 Å². The lowest BCUT2D eigenvalue weighted by Crippen LogP contribution is -2.30. The summed E-state index contributed by atoms with van der Waals surface area (Å²) in [7, 11) is 1.53. The first kappa shape index (κ1) is 22.7. The molecule has 9 nitrogen and oxygen atoms in total. The molecule has 180 valence electrons. The van der Waals surface area contributed by atoms with E-state index >= 15 is 0 Å². The molecule has 0 aliphatic carbocycles. The fraction of sp³-hybridized carbons (Fsp3) is 0.458. The summed E-state index contributed by atoms with van der Waals surface area (Å²) in [6.45, 7) is 4.20. The lowest BCUT2D eigenvalue weighted by molar-refractivity contribution is 0.140. The largest absolute Gasteiger partial charge is 0.486 e. The van der Waals surface area contributed by atoms with E-state index in [0.29, 0.717) is 79.8 Å². The molecule has 34 heavy (non-hydrogen) atoms. The van der Waals surface area contributed by atoms with Crippen molar-refractivity contribution in [2.45, 2.75) is 19.1 Å². The second-order valence-electron chi connectivity index (χ2n) is 8.59. The number of aliphatic hydroxyl groups excluding tert-OH is 1. The maximum atomic E-state index is 14.6. The van der Waals surface area contributed by atoms with Gasteiger partial charge in [-0.3, -0.25) is 9.97 Å².